The molecule has 21 heavy (non-hydrogen) atoms. The molecule has 1 aromatic carbocycles. The standard InChI is InChI=1S/C18H28N2O/c1-16(2)15-21-12-10-19-18-9-6-11-20(14-18)13-17-7-4-3-5-8-17/h3-5,7-8,18-19H,1,6,9-15H2,2H3. The molecule has 1 saturated heterocycles. The Morgan fingerprint density at radius 3 is 2.95 bits per heavy atom. The highest BCUT2D eigenvalue weighted by Crippen LogP contribution is 2.13. The van der Waals surface area contributed by atoms with Gasteiger partial charge in [0.15, 0.2) is 0 Å². The van der Waals surface area contributed by atoms with Crippen LogP contribution in [0.3, 0.4) is 0 Å². The smallest absolute Gasteiger partial charge is 0.0672 e. The molecule has 2 rings (SSSR count). The van der Waals surface area contributed by atoms with Crippen molar-refractivity contribution in [2.75, 3.05) is 32.8 Å². The average Bonchev–Trinajstić information content (AvgIpc) is 2.48. The number of nitrogens with one attached hydrogen (secondary N) is 1. The Balaban J connectivity index is 1.65. The Bertz CT molecular complexity index is 418. The number of hydrogen-bond acceptors (Lipinski definition) is 3. The quantitative estimate of drug-likeness (QED) is 0.588. The zero-order valence-corrected chi connectivity index (χ0v) is 13.2. The van der Waals surface area contributed by atoms with E-state index in [0.29, 0.717) is 12.6 Å². The van der Waals surface area contributed by atoms with E-state index in [2.05, 4.69) is 47.1 Å². The maximum absolute atomic E-state index is 5.53. The average molecular weight is 288 g/mol. The van der Waals surface area contributed by atoms with Crippen molar-refractivity contribution in [3.63, 3.8) is 0 Å². The summed E-state index contributed by atoms with van der Waals surface area (Å²) in [6.45, 7) is 11.6. The van der Waals surface area contributed by atoms with Crippen LogP contribution in [0.4, 0.5) is 0 Å². The highest BCUT2D eigenvalue weighted by atomic mass is 16.5. The van der Waals surface area contributed by atoms with Crippen LogP contribution in [0.5, 0.6) is 0 Å². The van der Waals surface area contributed by atoms with Crippen molar-refractivity contribution in [3.05, 3.63) is 48.0 Å². The summed E-state index contributed by atoms with van der Waals surface area (Å²) >= 11 is 0. The first kappa shape index (κ1) is 16.2. The Morgan fingerprint density at radius 2 is 2.19 bits per heavy atom. The third-order valence-electron chi connectivity index (χ3n) is 3.78. The zero-order valence-electron chi connectivity index (χ0n) is 13.2. The molecule has 3 nitrogen and oxygen atoms in total. The van der Waals surface area contributed by atoms with Gasteiger partial charge in [-0.3, -0.25) is 4.90 Å². The van der Waals surface area contributed by atoms with Gasteiger partial charge in [-0.05, 0) is 31.9 Å². The van der Waals surface area contributed by atoms with Gasteiger partial charge in [0.2, 0.25) is 0 Å². The van der Waals surface area contributed by atoms with Gasteiger partial charge in [-0.2, -0.15) is 0 Å². The molecule has 0 saturated carbocycles. The van der Waals surface area contributed by atoms with E-state index in [9.17, 15) is 0 Å². The third kappa shape index (κ3) is 6.42. The molecular formula is C18H28N2O. The summed E-state index contributed by atoms with van der Waals surface area (Å²) in [4.78, 5) is 2.55. The maximum Gasteiger partial charge on any atom is 0.0672 e. The molecule has 1 fully saturated rings. The second-order valence-electron chi connectivity index (χ2n) is 6.02. The lowest BCUT2D eigenvalue weighted by molar-refractivity contribution is 0.141. The summed E-state index contributed by atoms with van der Waals surface area (Å²) < 4.78 is 5.53. The Hall–Kier alpha value is -1.16. The largest absolute Gasteiger partial charge is 0.376 e. The van der Waals surface area contributed by atoms with Gasteiger partial charge < -0.3 is 10.1 Å². The number of ether oxygens (including phenoxy) is 1. The molecule has 1 heterocycles. The number of likely N-dealkylation sites (tertiary alicyclic amines) is 1. The monoisotopic (exact) mass is 288 g/mol. The van der Waals surface area contributed by atoms with Gasteiger partial charge in [-0.15, -0.1) is 0 Å². The van der Waals surface area contributed by atoms with E-state index in [0.717, 1.165) is 31.8 Å². The van der Waals surface area contributed by atoms with E-state index in [1.54, 1.807) is 0 Å². The van der Waals surface area contributed by atoms with Crippen molar-refractivity contribution >= 4 is 0 Å². The third-order valence-corrected chi connectivity index (χ3v) is 3.78. The molecule has 1 aliphatic rings. The van der Waals surface area contributed by atoms with Crippen molar-refractivity contribution in [1.29, 1.82) is 0 Å². The van der Waals surface area contributed by atoms with Gasteiger partial charge in [-0.25, -0.2) is 0 Å². The number of piperidine rings is 1. The van der Waals surface area contributed by atoms with E-state index in [1.807, 2.05) is 6.92 Å². The van der Waals surface area contributed by atoms with Crippen molar-refractivity contribution in [1.82, 2.24) is 10.2 Å². The van der Waals surface area contributed by atoms with Crippen LogP contribution in [-0.4, -0.2) is 43.8 Å². The van der Waals surface area contributed by atoms with E-state index in [-0.39, 0.29) is 0 Å². The highest BCUT2D eigenvalue weighted by Gasteiger charge is 2.19. The van der Waals surface area contributed by atoms with E-state index in [4.69, 9.17) is 4.74 Å². The van der Waals surface area contributed by atoms with Crippen LogP contribution in [0.2, 0.25) is 0 Å². The minimum Gasteiger partial charge on any atom is -0.376 e. The van der Waals surface area contributed by atoms with Gasteiger partial charge in [0.25, 0.3) is 0 Å². The summed E-state index contributed by atoms with van der Waals surface area (Å²) in [6, 6.07) is 11.3. The molecule has 0 bridgehead atoms. The zero-order chi connectivity index (χ0) is 14.9. The van der Waals surface area contributed by atoms with Crippen molar-refractivity contribution < 1.29 is 4.74 Å². The summed E-state index contributed by atoms with van der Waals surface area (Å²) in [5.74, 6) is 0. The van der Waals surface area contributed by atoms with E-state index >= 15 is 0 Å². The van der Waals surface area contributed by atoms with Crippen molar-refractivity contribution in [2.45, 2.75) is 32.4 Å². The molecule has 1 atom stereocenters. The Morgan fingerprint density at radius 1 is 1.38 bits per heavy atom. The maximum atomic E-state index is 5.53. The van der Waals surface area contributed by atoms with Crippen LogP contribution in [0.25, 0.3) is 0 Å². The lowest BCUT2D eigenvalue weighted by Gasteiger charge is -2.33. The molecule has 3 heteroatoms. The molecule has 1 aliphatic heterocycles. The Kier molecular flexibility index (Phi) is 6.93. The number of hydrogen-bond donors (Lipinski definition) is 1. The second-order valence-corrected chi connectivity index (χ2v) is 6.02. The van der Waals surface area contributed by atoms with Crippen LogP contribution in [0.1, 0.15) is 25.3 Å². The predicted octanol–water partition coefficient (Wildman–Crippen LogP) is 2.83. The van der Waals surface area contributed by atoms with Gasteiger partial charge in [0.05, 0.1) is 13.2 Å². The summed E-state index contributed by atoms with van der Waals surface area (Å²) in [5, 5.41) is 3.61. The lowest BCUT2D eigenvalue weighted by atomic mass is 10.0. The van der Waals surface area contributed by atoms with Crippen LogP contribution in [0, 0.1) is 0 Å². The fraction of sp³-hybridized carbons (Fsp3) is 0.556. The van der Waals surface area contributed by atoms with Gasteiger partial charge in [-0.1, -0.05) is 42.5 Å². The molecule has 0 spiro atoms. The molecule has 116 valence electrons. The van der Waals surface area contributed by atoms with Crippen molar-refractivity contribution in [2.24, 2.45) is 0 Å². The van der Waals surface area contributed by atoms with E-state index in [1.165, 1.54) is 24.9 Å². The van der Waals surface area contributed by atoms with Gasteiger partial charge in [0, 0.05) is 25.7 Å². The summed E-state index contributed by atoms with van der Waals surface area (Å²) in [5.41, 5.74) is 2.49. The van der Waals surface area contributed by atoms with Crippen LogP contribution < -0.4 is 5.32 Å². The molecule has 0 aliphatic carbocycles. The fourth-order valence-electron chi connectivity index (χ4n) is 2.79. The molecule has 0 amide bonds. The number of benzene rings is 1. The minimum absolute atomic E-state index is 0.593. The SMILES string of the molecule is C=C(C)COCCNC1CCCN(Cc2ccccc2)C1. The van der Waals surface area contributed by atoms with Gasteiger partial charge in [0.1, 0.15) is 0 Å². The van der Waals surface area contributed by atoms with Crippen LogP contribution >= 0.6 is 0 Å². The highest BCUT2D eigenvalue weighted by molar-refractivity contribution is 5.14. The lowest BCUT2D eigenvalue weighted by Crippen LogP contribution is -2.46. The molecule has 1 N–H and O–H groups in total. The minimum atomic E-state index is 0.593. The first-order valence-electron chi connectivity index (χ1n) is 7.96. The molecule has 1 unspecified atom stereocenters. The topological polar surface area (TPSA) is 24.5 Å². The summed E-state index contributed by atoms with van der Waals surface area (Å²) in [6.07, 6.45) is 2.54. The molecular weight excluding hydrogens is 260 g/mol. The van der Waals surface area contributed by atoms with E-state index < -0.39 is 0 Å². The summed E-state index contributed by atoms with van der Waals surface area (Å²) in [7, 11) is 0. The molecule has 1 aromatic rings. The van der Waals surface area contributed by atoms with Gasteiger partial charge >= 0.3 is 0 Å². The number of rotatable bonds is 8. The predicted molar refractivity (Wildman–Crippen MR) is 88.4 cm³/mol. The van der Waals surface area contributed by atoms with Crippen LogP contribution in [0.15, 0.2) is 42.5 Å². The number of nitrogens with zero attached hydrogens (tertiary/aromatic N) is 1. The van der Waals surface area contributed by atoms with Crippen molar-refractivity contribution in [3.8, 4) is 0 Å². The normalized spacial score (nSPS) is 19.6. The second kappa shape index (κ2) is 8.98. The first-order chi connectivity index (χ1) is 10.2. The first-order valence-corrected chi connectivity index (χ1v) is 7.96. The molecule has 0 radical (unpaired) electrons. The molecule has 0 aromatic heterocycles. The fourth-order valence-corrected chi connectivity index (χ4v) is 2.79. The Labute approximate surface area is 129 Å². The van der Waals surface area contributed by atoms with Crippen LogP contribution in [-0.2, 0) is 11.3 Å².